The van der Waals surface area contributed by atoms with E-state index in [9.17, 15) is 4.79 Å². The smallest absolute Gasteiger partial charge is 0.200 e. The van der Waals surface area contributed by atoms with Crippen LogP contribution < -0.4 is 10.7 Å². The van der Waals surface area contributed by atoms with Crippen LogP contribution in [0.1, 0.15) is 26.7 Å². The summed E-state index contributed by atoms with van der Waals surface area (Å²) < 4.78 is 0.459. The van der Waals surface area contributed by atoms with Crippen molar-refractivity contribution in [3.05, 3.63) is 20.8 Å². The average Bonchev–Trinajstić information content (AvgIpc) is 2.31. The molecule has 0 atom stereocenters. The Morgan fingerprint density at radius 2 is 2.12 bits per heavy atom. The summed E-state index contributed by atoms with van der Waals surface area (Å²) in [5.74, 6) is 0. The van der Waals surface area contributed by atoms with Gasteiger partial charge in [-0.15, -0.1) is 0 Å². The molecule has 0 heterocycles. The Hall–Kier alpha value is -0.740. The van der Waals surface area contributed by atoms with Crippen LogP contribution in [0.15, 0.2) is 10.9 Å². The highest BCUT2D eigenvalue weighted by Crippen LogP contribution is 2.07. The lowest BCUT2D eigenvalue weighted by Gasteiger charge is -2.19. The van der Waals surface area contributed by atoms with Crippen LogP contribution in [0.2, 0.25) is 0 Å². The van der Waals surface area contributed by atoms with Gasteiger partial charge in [0.05, 0.1) is 5.69 Å². The van der Waals surface area contributed by atoms with Gasteiger partial charge in [-0.1, -0.05) is 26.1 Å². The standard InChI is InChI=1S/C12H20N2OS/c1-3-7-14(4-2)8-5-6-13-10-9-11(15)12(10)16/h9,13H,3-8H2,1-2H3. The van der Waals surface area contributed by atoms with Crippen molar-refractivity contribution < 1.29 is 0 Å². The Balaban J connectivity index is 2.15. The fourth-order valence-corrected chi connectivity index (χ4v) is 1.91. The molecule has 0 amide bonds. The largest absolute Gasteiger partial charge is 0.384 e. The van der Waals surface area contributed by atoms with Crippen molar-refractivity contribution >= 4 is 17.9 Å². The molecule has 0 aliphatic rings. The summed E-state index contributed by atoms with van der Waals surface area (Å²) in [6.45, 7) is 8.64. The Morgan fingerprint density at radius 3 is 2.62 bits per heavy atom. The molecule has 0 saturated carbocycles. The summed E-state index contributed by atoms with van der Waals surface area (Å²) in [5.41, 5.74) is 0.831. The van der Waals surface area contributed by atoms with E-state index < -0.39 is 0 Å². The van der Waals surface area contributed by atoms with Crippen LogP contribution in [-0.4, -0.2) is 31.1 Å². The molecule has 16 heavy (non-hydrogen) atoms. The number of nitrogens with one attached hydrogen (secondary N) is 1. The lowest BCUT2D eigenvalue weighted by atomic mass is 10.2. The number of anilines is 1. The van der Waals surface area contributed by atoms with E-state index in [4.69, 9.17) is 12.2 Å². The van der Waals surface area contributed by atoms with Crippen LogP contribution in [-0.2, 0) is 0 Å². The molecule has 0 saturated heterocycles. The van der Waals surface area contributed by atoms with Gasteiger partial charge in [0, 0.05) is 12.6 Å². The molecule has 1 aromatic carbocycles. The van der Waals surface area contributed by atoms with Crippen LogP contribution in [0.5, 0.6) is 0 Å². The maximum absolute atomic E-state index is 10.8. The van der Waals surface area contributed by atoms with Crippen molar-refractivity contribution in [1.29, 1.82) is 0 Å². The zero-order valence-electron chi connectivity index (χ0n) is 10.1. The minimum Gasteiger partial charge on any atom is -0.384 e. The van der Waals surface area contributed by atoms with E-state index in [1.54, 1.807) is 6.07 Å². The monoisotopic (exact) mass is 240 g/mol. The van der Waals surface area contributed by atoms with Crippen molar-refractivity contribution in [2.75, 3.05) is 31.5 Å². The van der Waals surface area contributed by atoms with Crippen LogP contribution in [0.4, 0.5) is 5.69 Å². The predicted molar refractivity (Wildman–Crippen MR) is 71.4 cm³/mol. The quantitative estimate of drug-likeness (QED) is 0.557. The topological polar surface area (TPSA) is 32.3 Å². The summed E-state index contributed by atoms with van der Waals surface area (Å²) in [6.07, 6.45) is 2.28. The van der Waals surface area contributed by atoms with Crippen molar-refractivity contribution in [3.63, 3.8) is 0 Å². The number of nitrogens with zero attached hydrogens (tertiary/aromatic N) is 1. The second-order valence-electron chi connectivity index (χ2n) is 3.97. The van der Waals surface area contributed by atoms with Gasteiger partial charge in [-0.05, 0) is 32.5 Å². The summed E-state index contributed by atoms with van der Waals surface area (Å²) in [4.78, 5) is 13.3. The Kier molecular flexibility index (Phi) is 5.63. The van der Waals surface area contributed by atoms with Gasteiger partial charge in [0.2, 0.25) is 5.43 Å². The van der Waals surface area contributed by atoms with E-state index in [1.165, 1.54) is 6.42 Å². The molecule has 0 aromatic heterocycles. The van der Waals surface area contributed by atoms with Gasteiger partial charge < -0.3 is 10.2 Å². The Bertz CT molecular complexity index is 382. The molecule has 0 aliphatic heterocycles. The van der Waals surface area contributed by atoms with Gasteiger partial charge in [-0.25, -0.2) is 0 Å². The molecule has 0 fully saturated rings. The second-order valence-corrected chi connectivity index (χ2v) is 4.37. The molecule has 1 rings (SSSR count). The Labute approximate surface area is 102 Å². The summed E-state index contributed by atoms with van der Waals surface area (Å²) >= 11 is 4.90. The van der Waals surface area contributed by atoms with Crippen LogP contribution >= 0.6 is 12.2 Å². The molecule has 1 aromatic rings. The molecule has 0 unspecified atom stereocenters. The van der Waals surface area contributed by atoms with E-state index in [-0.39, 0.29) is 5.43 Å². The fraction of sp³-hybridized carbons (Fsp3) is 0.667. The third kappa shape index (κ3) is 3.68. The SMILES string of the molecule is CCCN(CC)CCCNc1cc(=O)c1=S. The van der Waals surface area contributed by atoms with Gasteiger partial charge in [-0.2, -0.15) is 0 Å². The molecular weight excluding hydrogens is 220 g/mol. The molecule has 3 nitrogen and oxygen atoms in total. The summed E-state index contributed by atoms with van der Waals surface area (Å²) in [7, 11) is 0. The third-order valence-corrected chi connectivity index (χ3v) is 3.12. The van der Waals surface area contributed by atoms with Crippen molar-refractivity contribution in [2.24, 2.45) is 0 Å². The van der Waals surface area contributed by atoms with E-state index >= 15 is 0 Å². The van der Waals surface area contributed by atoms with Crippen LogP contribution in [0.25, 0.3) is 0 Å². The molecule has 0 aliphatic carbocycles. The lowest BCUT2D eigenvalue weighted by Crippen LogP contribution is -2.27. The first kappa shape index (κ1) is 13.3. The molecular formula is C12H20N2OS. The summed E-state index contributed by atoms with van der Waals surface area (Å²) in [5, 5.41) is 3.19. The highest BCUT2D eigenvalue weighted by atomic mass is 32.1. The molecule has 90 valence electrons. The normalized spacial score (nSPS) is 11.2. The van der Waals surface area contributed by atoms with Crippen molar-refractivity contribution in [1.82, 2.24) is 4.90 Å². The minimum atomic E-state index is -0.0151. The van der Waals surface area contributed by atoms with Gasteiger partial charge in [-0.3, -0.25) is 4.79 Å². The fourth-order valence-electron chi connectivity index (χ4n) is 1.72. The first-order valence-corrected chi connectivity index (χ1v) is 6.36. The first-order valence-electron chi connectivity index (χ1n) is 5.95. The number of hydrogen-bond donors (Lipinski definition) is 1. The average molecular weight is 240 g/mol. The first-order chi connectivity index (χ1) is 7.69. The highest BCUT2D eigenvalue weighted by Gasteiger charge is 2.04. The van der Waals surface area contributed by atoms with E-state index in [2.05, 4.69) is 24.1 Å². The van der Waals surface area contributed by atoms with Crippen LogP contribution in [0, 0.1) is 4.51 Å². The van der Waals surface area contributed by atoms with Gasteiger partial charge in [0.1, 0.15) is 4.51 Å². The lowest BCUT2D eigenvalue weighted by molar-refractivity contribution is 0.288. The zero-order valence-corrected chi connectivity index (χ0v) is 10.9. The second kappa shape index (κ2) is 6.76. The maximum atomic E-state index is 10.8. The van der Waals surface area contributed by atoms with E-state index in [1.807, 2.05) is 0 Å². The summed E-state index contributed by atoms with van der Waals surface area (Å²) in [6, 6.07) is 1.58. The molecule has 0 spiro atoms. The van der Waals surface area contributed by atoms with Gasteiger partial charge in [0.25, 0.3) is 0 Å². The van der Waals surface area contributed by atoms with Gasteiger partial charge >= 0.3 is 0 Å². The maximum Gasteiger partial charge on any atom is 0.200 e. The zero-order chi connectivity index (χ0) is 12.0. The predicted octanol–water partition coefficient (Wildman–Crippen LogP) is 2.19. The van der Waals surface area contributed by atoms with Crippen molar-refractivity contribution in [3.8, 4) is 0 Å². The molecule has 0 radical (unpaired) electrons. The molecule has 1 N–H and O–H groups in total. The molecule has 4 heteroatoms. The van der Waals surface area contributed by atoms with E-state index in [0.717, 1.165) is 38.3 Å². The Morgan fingerprint density at radius 1 is 1.38 bits per heavy atom. The minimum absolute atomic E-state index is 0.0151. The van der Waals surface area contributed by atoms with E-state index in [0.29, 0.717) is 4.51 Å². The van der Waals surface area contributed by atoms with Crippen molar-refractivity contribution in [2.45, 2.75) is 26.7 Å². The van der Waals surface area contributed by atoms with Crippen LogP contribution in [0.3, 0.4) is 0 Å². The highest BCUT2D eigenvalue weighted by molar-refractivity contribution is 7.71. The third-order valence-electron chi connectivity index (χ3n) is 2.70. The number of hydrogen-bond acceptors (Lipinski definition) is 4. The van der Waals surface area contributed by atoms with Gasteiger partial charge in [0.15, 0.2) is 0 Å². The molecule has 0 bridgehead atoms. The number of rotatable bonds is 8.